The first-order chi connectivity index (χ1) is 15.2. The number of esters is 1. The number of carbonyl (C=O) groups excluding carboxylic acids is 1. The maximum atomic E-state index is 13.4. The Morgan fingerprint density at radius 2 is 2.06 bits per heavy atom. The summed E-state index contributed by atoms with van der Waals surface area (Å²) < 4.78 is 46.4. The van der Waals surface area contributed by atoms with E-state index in [0.717, 1.165) is 12.1 Å². The van der Waals surface area contributed by atoms with Crippen LogP contribution in [-0.2, 0) is 22.1 Å². The highest BCUT2D eigenvalue weighted by Crippen LogP contribution is 2.42. The van der Waals surface area contributed by atoms with Gasteiger partial charge < -0.3 is 9.84 Å². The third-order valence-corrected chi connectivity index (χ3v) is 6.84. The molecule has 1 N–H and O–H groups in total. The van der Waals surface area contributed by atoms with Crippen LogP contribution in [0.25, 0.3) is 4.96 Å². The number of nitrogens with zero attached hydrogens (tertiary/aromatic N) is 4. The first-order valence-electron chi connectivity index (χ1n) is 10.3. The van der Waals surface area contributed by atoms with E-state index < -0.39 is 17.8 Å². The van der Waals surface area contributed by atoms with Crippen LogP contribution < -0.4 is 0 Å². The molecule has 0 saturated carbocycles. The van der Waals surface area contributed by atoms with Crippen molar-refractivity contribution in [2.24, 2.45) is 5.92 Å². The lowest BCUT2D eigenvalue weighted by Gasteiger charge is -2.36. The van der Waals surface area contributed by atoms with Crippen molar-refractivity contribution < 1.29 is 27.8 Å². The molecule has 0 unspecified atom stereocenters. The van der Waals surface area contributed by atoms with Crippen molar-refractivity contribution in [1.29, 1.82) is 0 Å². The molecule has 3 aromatic rings. The third-order valence-electron chi connectivity index (χ3n) is 5.77. The molecule has 32 heavy (non-hydrogen) atoms. The molecular formula is C21H23F3N4O3S. The number of carbonyl (C=O) groups is 1. The minimum Gasteiger partial charge on any atom is -0.492 e. The van der Waals surface area contributed by atoms with E-state index in [4.69, 9.17) is 4.74 Å². The zero-order valence-electron chi connectivity index (χ0n) is 17.6. The van der Waals surface area contributed by atoms with E-state index in [0.29, 0.717) is 53.6 Å². The molecule has 0 spiro atoms. The number of likely N-dealkylation sites (tertiary alicyclic amines) is 1. The van der Waals surface area contributed by atoms with Crippen molar-refractivity contribution in [3.05, 3.63) is 46.1 Å². The molecular weight excluding hydrogens is 445 g/mol. The molecule has 1 aromatic carbocycles. The average Bonchev–Trinajstić information content (AvgIpc) is 3.32. The SMILES string of the molecule is CCc1nc2sc([C@H](c3cccc(C(F)(F)F)c3)N3CCC(C(=O)OC)CC3)c(O)n2n1. The maximum absolute atomic E-state index is 13.4. The molecule has 11 heteroatoms. The topological polar surface area (TPSA) is 80.0 Å². The highest BCUT2D eigenvalue weighted by molar-refractivity contribution is 7.17. The second kappa shape index (κ2) is 8.70. The van der Waals surface area contributed by atoms with E-state index in [1.54, 1.807) is 6.07 Å². The van der Waals surface area contributed by atoms with E-state index in [-0.39, 0.29) is 17.8 Å². The molecule has 0 radical (unpaired) electrons. The van der Waals surface area contributed by atoms with Crippen LogP contribution in [0.15, 0.2) is 24.3 Å². The van der Waals surface area contributed by atoms with Gasteiger partial charge in [0, 0.05) is 6.42 Å². The van der Waals surface area contributed by atoms with E-state index in [1.165, 1.54) is 29.0 Å². The Kier molecular flexibility index (Phi) is 6.13. The van der Waals surface area contributed by atoms with Crippen LogP contribution in [-0.4, -0.2) is 50.8 Å². The maximum Gasteiger partial charge on any atom is 0.416 e. The normalized spacial score (nSPS) is 17.0. The first-order valence-corrected chi connectivity index (χ1v) is 11.1. The smallest absolute Gasteiger partial charge is 0.416 e. The van der Waals surface area contributed by atoms with Gasteiger partial charge >= 0.3 is 12.1 Å². The molecule has 1 atom stereocenters. The summed E-state index contributed by atoms with van der Waals surface area (Å²) in [6.45, 7) is 2.83. The summed E-state index contributed by atoms with van der Waals surface area (Å²) in [6, 6.07) is 4.51. The van der Waals surface area contributed by atoms with Gasteiger partial charge in [0.25, 0.3) is 0 Å². The Hall–Kier alpha value is -2.66. The van der Waals surface area contributed by atoms with Crippen molar-refractivity contribution in [1.82, 2.24) is 19.5 Å². The van der Waals surface area contributed by atoms with Gasteiger partial charge in [-0.3, -0.25) is 9.69 Å². The van der Waals surface area contributed by atoms with Crippen molar-refractivity contribution in [3.63, 3.8) is 0 Å². The Balaban J connectivity index is 1.75. The molecule has 4 rings (SSSR count). The second-order valence-corrected chi connectivity index (χ2v) is 8.73. The summed E-state index contributed by atoms with van der Waals surface area (Å²) in [4.78, 5) is 19.2. The zero-order chi connectivity index (χ0) is 23.0. The number of aromatic hydroxyl groups is 1. The van der Waals surface area contributed by atoms with Gasteiger partial charge in [-0.1, -0.05) is 30.4 Å². The summed E-state index contributed by atoms with van der Waals surface area (Å²) >= 11 is 1.21. The fourth-order valence-corrected chi connectivity index (χ4v) is 5.23. The number of aryl methyl sites for hydroxylation is 1. The van der Waals surface area contributed by atoms with Gasteiger partial charge in [-0.15, -0.1) is 5.10 Å². The summed E-state index contributed by atoms with van der Waals surface area (Å²) in [5.74, 6) is -0.0854. The molecule has 172 valence electrons. The third kappa shape index (κ3) is 4.18. The van der Waals surface area contributed by atoms with Crippen molar-refractivity contribution in [2.45, 2.75) is 38.4 Å². The van der Waals surface area contributed by atoms with Crippen LogP contribution in [0, 0.1) is 5.92 Å². The number of thiazole rings is 1. The van der Waals surface area contributed by atoms with Gasteiger partial charge in [-0.2, -0.15) is 17.7 Å². The molecule has 1 saturated heterocycles. The highest BCUT2D eigenvalue weighted by Gasteiger charge is 2.36. The number of hydrogen-bond acceptors (Lipinski definition) is 7. The van der Waals surface area contributed by atoms with E-state index in [2.05, 4.69) is 10.1 Å². The quantitative estimate of drug-likeness (QED) is 0.569. The lowest BCUT2D eigenvalue weighted by Crippen LogP contribution is -2.39. The Labute approximate surface area is 186 Å². The fraction of sp³-hybridized carbons (Fsp3) is 0.476. The van der Waals surface area contributed by atoms with Gasteiger partial charge in [-0.05, 0) is 43.6 Å². The van der Waals surface area contributed by atoms with Crippen LogP contribution >= 0.6 is 11.3 Å². The standard InChI is InChI=1S/C21H23F3N4O3S/c1-3-15-25-20-28(26-15)18(29)17(32-20)16(13-5-4-6-14(11-13)21(22,23)24)27-9-7-12(8-10-27)19(30)31-2/h4-6,11-12,16,29H,3,7-10H2,1-2H3/t16-/m0/s1. The Morgan fingerprint density at radius 3 is 2.66 bits per heavy atom. The van der Waals surface area contributed by atoms with Gasteiger partial charge in [0.05, 0.1) is 29.5 Å². The molecule has 0 bridgehead atoms. The van der Waals surface area contributed by atoms with Gasteiger partial charge in [0.15, 0.2) is 5.82 Å². The molecule has 0 amide bonds. The minimum absolute atomic E-state index is 0.130. The predicted molar refractivity (Wildman–Crippen MR) is 112 cm³/mol. The van der Waals surface area contributed by atoms with Crippen molar-refractivity contribution in [2.75, 3.05) is 20.2 Å². The monoisotopic (exact) mass is 468 g/mol. The van der Waals surface area contributed by atoms with Crippen LogP contribution in [0.3, 0.4) is 0 Å². The number of alkyl halides is 3. The molecule has 7 nitrogen and oxygen atoms in total. The van der Waals surface area contributed by atoms with Gasteiger partial charge in [0.2, 0.25) is 10.8 Å². The molecule has 1 aliphatic heterocycles. The van der Waals surface area contributed by atoms with E-state index in [9.17, 15) is 23.1 Å². The number of fused-ring (bicyclic) bond motifs is 1. The largest absolute Gasteiger partial charge is 0.492 e. The molecule has 1 fully saturated rings. The number of halogens is 3. The summed E-state index contributed by atoms with van der Waals surface area (Å²) in [7, 11) is 1.34. The van der Waals surface area contributed by atoms with Gasteiger partial charge in [-0.25, -0.2) is 4.98 Å². The van der Waals surface area contributed by atoms with Crippen LogP contribution in [0.2, 0.25) is 0 Å². The van der Waals surface area contributed by atoms with Crippen LogP contribution in [0.1, 0.15) is 47.6 Å². The zero-order valence-corrected chi connectivity index (χ0v) is 18.4. The number of piperidine rings is 1. The Morgan fingerprint density at radius 1 is 1.34 bits per heavy atom. The van der Waals surface area contributed by atoms with Gasteiger partial charge in [0.1, 0.15) is 0 Å². The van der Waals surface area contributed by atoms with E-state index >= 15 is 0 Å². The number of rotatable bonds is 5. The summed E-state index contributed by atoms with van der Waals surface area (Å²) in [6.07, 6.45) is -2.85. The summed E-state index contributed by atoms with van der Waals surface area (Å²) in [5.41, 5.74) is -0.344. The van der Waals surface area contributed by atoms with E-state index in [1.807, 2.05) is 11.8 Å². The second-order valence-electron chi connectivity index (χ2n) is 7.73. The predicted octanol–water partition coefficient (Wildman–Crippen LogP) is 4.05. The van der Waals surface area contributed by atoms with Crippen molar-refractivity contribution in [3.8, 4) is 5.88 Å². The number of methoxy groups -OCH3 is 1. The number of hydrogen-bond donors (Lipinski definition) is 1. The first kappa shape index (κ1) is 22.5. The summed E-state index contributed by atoms with van der Waals surface area (Å²) in [5, 5.41) is 15.2. The molecule has 0 aliphatic carbocycles. The van der Waals surface area contributed by atoms with Crippen LogP contribution in [0.5, 0.6) is 5.88 Å². The Bertz CT molecular complexity index is 1120. The lowest BCUT2D eigenvalue weighted by atomic mass is 9.93. The molecule has 1 aliphatic rings. The highest BCUT2D eigenvalue weighted by atomic mass is 32.1. The molecule has 3 heterocycles. The fourth-order valence-electron chi connectivity index (χ4n) is 4.09. The van der Waals surface area contributed by atoms with Crippen LogP contribution in [0.4, 0.5) is 13.2 Å². The number of aromatic nitrogens is 3. The van der Waals surface area contributed by atoms with Crippen molar-refractivity contribution >= 4 is 22.3 Å². The molecule has 2 aromatic heterocycles. The number of ether oxygens (including phenoxy) is 1. The minimum atomic E-state index is -4.48. The lowest BCUT2D eigenvalue weighted by molar-refractivity contribution is -0.147. The number of benzene rings is 1. The average molecular weight is 469 g/mol.